The molecule has 0 aromatic heterocycles. The second kappa shape index (κ2) is 7.35. The molecular formula is C17H22N2O4. The predicted molar refractivity (Wildman–Crippen MR) is 85.7 cm³/mol. The van der Waals surface area contributed by atoms with E-state index in [9.17, 15) is 4.79 Å². The van der Waals surface area contributed by atoms with Crippen molar-refractivity contribution in [2.24, 2.45) is 5.16 Å². The van der Waals surface area contributed by atoms with Gasteiger partial charge in [-0.3, -0.25) is 4.79 Å². The van der Waals surface area contributed by atoms with E-state index in [4.69, 9.17) is 14.3 Å². The average molecular weight is 318 g/mol. The summed E-state index contributed by atoms with van der Waals surface area (Å²) in [5, 5.41) is 7.01. The fourth-order valence-electron chi connectivity index (χ4n) is 2.88. The highest BCUT2D eigenvalue weighted by Crippen LogP contribution is 2.32. The Labute approximate surface area is 135 Å². The monoisotopic (exact) mass is 318 g/mol. The lowest BCUT2D eigenvalue weighted by Crippen LogP contribution is -2.38. The normalized spacial score (nSPS) is 17.9. The van der Waals surface area contributed by atoms with Crippen LogP contribution in [0.3, 0.4) is 0 Å². The number of carbonyl (C=O) groups is 1. The topological polar surface area (TPSA) is 69.2 Å². The molecule has 0 radical (unpaired) electrons. The quantitative estimate of drug-likeness (QED) is 0.669. The molecule has 1 aliphatic heterocycles. The molecule has 2 aliphatic rings. The first-order chi connectivity index (χ1) is 11.2. The molecule has 1 aromatic carbocycles. The van der Waals surface area contributed by atoms with Crippen molar-refractivity contribution in [3.8, 4) is 11.5 Å². The van der Waals surface area contributed by atoms with Crippen LogP contribution in [0.4, 0.5) is 0 Å². The molecule has 1 saturated carbocycles. The smallest absolute Gasteiger partial charge is 0.260 e. The van der Waals surface area contributed by atoms with Gasteiger partial charge >= 0.3 is 0 Å². The summed E-state index contributed by atoms with van der Waals surface area (Å²) in [6, 6.07) is 5.87. The summed E-state index contributed by atoms with van der Waals surface area (Å²) in [6.07, 6.45) is 5.76. The number of oxime groups is 1. The zero-order valence-corrected chi connectivity index (χ0v) is 13.3. The Hall–Kier alpha value is -2.24. The lowest BCUT2D eigenvalue weighted by atomic mass is 9.95. The van der Waals surface area contributed by atoms with Gasteiger partial charge in [0.2, 0.25) is 6.79 Å². The zero-order valence-electron chi connectivity index (χ0n) is 13.3. The lowest BCUT2D eigenvalue weighted by Gasteiger charge is -2.22. The van der Waals surface area contributed by atoms with Gasteiger partial charge in [0.1, 0.15) is 0 Å². The van der Waals surface area contributed by atoms with Crippen LogP contribution in [0, 0.1) is 0 Å². The van der Waals surface area contributed by atoms with Crippen LogP contribution in [0.25, 0.3) is 0 Å². The van der Waals surface area contributed by atoms with Gasteiger partial charge in [0.15, 0.2) is 18.1 Å². The third-order valence-electron chi connectivity index (χ3n) is 4.16. The predicted octanol–water partition coefficient (Wildman–Crippen LogP) is 2.60. The van der Waals surface area contributed by atoms with Gasteiger partial charge < -0.3 is 19.6 Å². The first kappa shape index (κ1) is 15.6. The lowest BCUT2D eigenvalue weighted by molar-refractivity contribution is -0.126. The van der Waals surface area contributed by atoms with E-state index >= 15 is 0 Å². The molecule has 0 unspecified atom stereocenters. The molecule has 6 heteroatoms. The highest BCUT2D eigenvalue weighted by atomic mass is 16.7. The van der Waals surface area contributed by atoms with Crippen molar-refractivity contribution in [2.45, 2.75) is 45.1 Å². The van der Waals surface area contributed by atoms with Gasteiger partial charge in [-0.1, -0.05) is 24.4 Å². The maximum absolute atomic E-state index is 11.8. The minimum atomic E-state index is -0.112. The van der Waals surface area contributed by atoms with Gasteiger partial charge in [-0.15, -0.1) is 0 Å². The summed E-state index contributed by atoms with van der Waals surface area (Å²) in [6.45, 7) is 2.02. The number of hydrogen-bond donors (Lipinski definition) is 1. The minimum absolute atomic E-state index is 0.0572. The Morgan fingerprint density at radius 3 is 2.87 bits per heavy atom. The molecule has 1 aliphatic carbocycles. The maximum Gasteiger partial charge on any atom is 0.260 e. The fraction of sp³-hybridized carbons (Fsp3) is 0.529. The van der Waals surface area contributed by atoms with Crippen molar-refractivity contribution in [2.75, 3.05) is 13.4 Å². The average Bonchev–Trinajstić information content (AvgIpc) is 3.03. The van der Waals surface area contributed by atoms with E-state index in [0.717, 1.165) is 24.2 Å². The summed E-state index contributed by atoms with van der Waals surface area (Å²) >= 11 is 0. The number of nitrogens with one attached hydrogen (secondary N) is 1. The van der Waals surface area contributed by atoms with Gasteiger partial charge in [-0.2, -0.15) is 0 Å². The van der Waals surface area contributed by atoms with E-state index in [0.29, 0.717) is 17.5 Å². The molecule has 6 nitrogen and oxygen atoms in total. The van der Waals surface area contributed by atoms with Crippen LogP contribution < -0.4 is 14.8 Å². The Morgan fingerprint density at radius 2 is 2.04 bits per heavy atom. The second-order valence-electron chi connectivity index (χ2n) is 5.92. The van der Waals surface area contributed by atoms with E-state index in [1.807, 2.05) is 25.1 Å². The third-order valence-corrected chi connectivity index (χ3v) is 4.16. The SMILES string of the molecule is C/C(=N\OCC(=O)NC1CCCCC1)c1ccc2c(c1)OCO2. The summed E-state index contributed by atoms with van der Waals surface area (Å²) in [5.41, 5.74) is 1.57. The Balaban J connectivity index is 1.48. The van der Waals surface area contributed by atoms with E-state index in [2.05, 4.69) is 10.5 Å². The van der Waals surface area contributed by atoms with Gasteiger partial charge in [-0.25, -0.2) is 0 Å². The summed E-state index contributed by atoms with van der Waals surface area (Å²) in [7, 11) is 0. The first-order valence-corrected chi connectivity index (χ1v) is 8.08. The highest BCUT2D eigenvalue weighted by molar-refractivity contribution is 5.99. The van der Waals surface area contributed by atoms with Crippen molar-refractivity contribution in [3.05, 3.63) is 23.8 Å². The first-order valence-electron chi connectivity index (χ1n) is 8.08. The summed E-state index contributed by atoms with van der Waals surface area (Å²) in [5.74, 6) is 1.32. The van der Waals surface area contributed by atoms with Crippen molar-refractivity contribution in [1.29, 1.82) is 0 Å². The fourth-order valence-corrected chi connectivity index (χ4v) is 2.88. The number of hydrogen-bond acceptors (Lipinski definition) is 5. The molecule has 1 fully saturated rings. The molecule has 1 heterocycles. The molecule has 0 atom stereocenters. The summed E-state index contributed by atoms with van der Waals surface area (Å²) < 4.78 is 10.6. The number of fused-ring (bicyclic) bond motifs is 1. The minimum Gasteiger partial charge on any atom is -0.454 e. The number of benzene rings is 1. The highest BCUT2D eigenvalue weighted by Gasteiger charge is 2.16. The number of amides is 1. The van der Waals surface area contributed by atoms with Crippen LogP contribution in [0.5, 0.6) is 11.5 Å². The van der Waals surface area contributed by atoms with Crippen LogP contribution in [-0.2, 0) is 9.63 Å². The molecule has 1 N–H and O–H groups in total. The van der Waals surface area contributed by atoms with E-state index in [1.54, 1.807) is 0 Å². The number of ether oxygens (including phenoxy) is 2. The van der Waals surface area contributed by atoms with E-state index < -0.39 is 0 Å². The second-order valence-corrected chi connectivity index (χ2v) is 5.92. The van der Waals surface area contributed by atoms with Crippen LogP contribution in [0.1, 0.15) is 44.6 Å². The number of nitrogens with zero attached hydrogens (tertiary/aromatic N) is 1. The van der Waals surface area contributed by atoms with Crippen LogP contribution in [-0.4, -0.2) is 31.1 Å². The summed E-state index contributed by atoms with van der Waals surface area (Å²) in [4.78, 5) is 17.0. The molecule has 1 aromatic rings. The van der Waals surface area contributed by atoms with E-state index in [-0.39, 0.29) is 19.3 Å². The van der Waals surface area contributed by atoms with Crippen molar-refractivity contribution in [3.63, 3.8) is 0 Å². The molecule has 23 heavy (non-hydrogen) atoms. The van der Waals surface area contributed by atoms with Gasteiger partial charge in [0.05, 0.1) is 5.71 Å². The molecule has 0 spiro atoms. The van der Waals surface area contributed by atoms with Crippen molar-refractivity contribution < 1.29 is 19.1 Å². The number of rotatable bonds is 5. The Morgan fingerprint density at radius 1 is 1.26 bits per heavy atom. The van der Waals surface area contributed by atoms with Gasteiger partial charge in [-0.05, 0) is 38.0 Å². The van der Waals surface area contributed by atoms with Crippen LogP contribution >= 0.6 is 0 Å². The van der Waals surface area contributed by atoms with Crippen molar-refractivity contribution in [1.82, 2.24) is 5.32 Å². The largest absolute Gasteiger partial charge is 0.454 e. The van der Waals surface area contributed by atoms with E-state index in [1.165, 1.54) is 19.3 Å². The standard InChI is InChI=1S/C17H22N2O4/c1-12(13-7-8-15-16(9-13)22-11-21-15)19-23-10-17(20)18-14-5-3-2-4-6-14/h7-9,14H,2-6,10-11H2,1H3,(H,18,20)/b19-12+. The number of carbonyl (C=O) groups excluding carboxylic acids is 1. The molecule has 0 saturated heterocycles. The molecule has 3 rings (SSSR count). The zero-order chi connectivity index (χ0) is 16.1. The van der Waals surface area contributed by atoms with Crippen LogP contribution in [0.2, 0.25) is 0 Å². The van der Waals surface area contributed by atoms with Gasteiger partial charge in [0, 0.05) is 11.6 Å². The van der Waals surface area contributed by atoms with Gasteiger partial charge in [0.25, 0.3) is 5.91 Å². The third kappa shape index (κ3) is 4.15. The Bertz CT molecular complexity index is 594. The molecule has 1 amide bonds. The molecular weight excluding hydrogens is 296 g/mol. The molecule has 0 bridgehead atoms. The maximum atomic E-state index is 11.8. The Kier molecular flexibility index (Phi) is 5.00. The molecule has 124 valence electrons. The van der Waals surface area contributed by atoms with Crippen LogP contribution in [0.15, 0.2) is 23.4 Å². The van der Waals surface area contributed by atoms with Crippen molar-refractivity contribution >= 4 is 11.6 Å².